The van der Waals surface area contributed by atoms with Crippen molar-refractivity contribution in [3.8, 4) is 0 Å². The fourth-order valence-electron chi connectivity index (χ4n) is 1.72. The van der Waals surface area contributed by atoms with E-state index in [1.165, 1.54) is 6.07 Å². The third kappa shape index (κ3) is 2.79. The van der Waals surface area contributed by atoms with Crippen LogP contribution in [0.3, 0.4) is 0 Å². The van der Waals surface area contributed by atoms with Crippen LogP contribution < -0.4 is 0 Å². The highest BCUT2D eigenvalue weighted by Gasteiger charge is 2.10. The van der Waals surface area contributed by atoms with E-state index in [1.807, 2.05) is 13.0 Å². The third-order valence-electron chi connectivity index (χ3n) is 2.79. The van der Waals surface area contributed by atoms with Crippen molar-refractivity contribution in [1.29, 1.82) is 0 Å². The van der Waals surface area contributed by atoms with Crippen LogP contribution in [0.4, 0.5) is 4.39 Å². The lowest BCUT2D eigenvalue weighted by Crippen LogP contribution is -2.02. The number of hydrogen-bond donors (Lipinski definition) is 1. The molecule has 0 aliphatic carbocycles. The van der Waals surface area contributed by atoms with Gasteiger partial charge in [0.25, 0.3) is 0 Å². The monoisotopic (exact) mass is 312 g/mol. The zero-order valence-electron chi connectivity index (χ0n) is 9.98. The Hall–Kier alpha value is -1.20. The number of nitrogens with zero attached hydrogens (tertiary/aromatic N) is 2. The molecule has 0 radical (unpaired) electrons. The van der Waals surface area contributed by atoms with Gasteiger partial charge in [-0.05, 0) is 34.0 Å². The lowest BCUT2D eigenvalue weighted by atomic mass is 10.1. The van der Waals surface area contributed by atoms with E-state index in [1.54, 1.807) is 23.1 Å². The molecule has 0 saturated carbocycles. The molecule has 0 amide bonds. The molecule has 2 rings (SSSR count). The Balaban J connectivity index is 2.19. The highest BCUT2D eigenvalue weighted by atomic mass is 79.9. The van der Waals surface area contributed by atoms with Gasteiger partial charge in [0, 0.05) is 11.8 Å². The highest BCUT2D eigenvalue weighted by molar-refractivity contribution is 9.10. The van der Waals surface area contributed by atoms with Gasteiger partial charge in [-0.1, -0.05) is 19.1 Å². The Morgan fingerprint density at radius 1 is 1.50 bits per heavy atom. The number of aliphatic hydroxyl groups excluding tert-OH is 1. The maximum absolute atomic E-state index is 13.4. The molecule has 96 valence electrons. The Labute approximate surface area is 113 Å². The van der Waals surface area contributed by atoms with Gasteiger partial charge >= 0.3 is 0 Å². The maximum Gasteiger partial charge on any atom is 0.137 e. The van der Waals surface area contributed by atoms with Gasteiger partial charge in [-0.15, -0.1) is 0 Å². The smallest absolute Gasteiger partial charge is 0.137 e. The van der Waals surface area contributed by atoms with E-state index in [2.05, 4.69) is 21.0 Å². The minimum Gasteiger partial charge on any atom is -0.388 e. The van der Waals surface area contributed by atoms with Crippen molar-refractivity contribution in [3.05, 3.63) is 52.0 Å². The molecular weight excluding hydrogens is 299 g/mol. The standard InChI is InChI=1S/C13H14BrFN2O/c1-2-12(18)10-6-16-17(8-10)7-9-4-3-5-11(15)13(9)14/h3-6,8,12,18H,2,7H2,1H3. The molecule has 0 fully saturated rings. The molecule has 1 aromatic heterocycles. The SMILES string of the molecule is CCC(O)c1cnn(Cc2cccc(F)c2Br)c1. The number of aliphatic hydroxyl groups is 1. The molecule has 1 aromatic carbocycles. The predicted octanol–water partition coefficient (Wildman–Crippen LogP) is 3.28. The van der Waals surface area contributed by atoms with E-state index in [4.69, 9.17) is 0 Å². The fourth-order valence-corrected chi connectivity index (χ4v) is 2.11. The van der Waals surface area contributed by atoms with E-state index in [-0.39, 0.29) is 5.82 Å². The molecule has 3 nitrogen and oxygen atoms in total. The van der Waals surface area contributed by atoms with E-state index in [0.717, 1.165) is 11.1 Å². The number of halogens is 2. The van der Waals surface area contributed by atoms with Crippen LogP contribution in [0, 0.1) is 5.82 Å². The number of rotatable bonds is 4. The molecule has 0 saturated heterocycles. The maximum atomic E-state index is 13.4. The number of benzene rings is 1. The van der Waals surface area contributed by atoms with Crippen molar-refractivity contribution in [1.82, 2.24) is 9.78 Å². The largest absolute Gasteiger partial charge is 0.388 e. The van der Waals surface area contributed by atoms with E-state index >= 15 is 0 Å². The average molecular weight is 313 g/mol. The summed E-state index contributed by atoms with van der Waals surface area (Å²) in [7, 11) is 0. The van der Waals surface area contributed by atoms with E-state index in [0.29, 0.717) is 17.4 Å². The van der Waals surface area contributed by atoms with Crippen LogP contribution in [-0.4, -0.2) is 14.9 Å². The molecule has 0 aliphatic heterocycles. The van der Waals surface area contributed by atoms with Crippen molar-refractivity contribution in [3.63, 3.8) is 0 Å². The summed E-state index contributed by atoms with van der Waals surface area (Å²) in [5.74, 6) is -0.284. The summed E-state index contributed by atoms with van der Waals surface area (Å²) in [4.78, 5) is 0. The molecule has 2 aromatic rings. The lowest BCUT2D eigenvalue weighted by molar-refractivity contribution is 0.173. The van der Waals surface area contributed by atoms with Crippen LogP contribution in [0.5, 0.6) is 0 Å². The summed E-state index contributed by atoms with van der Waals surface area (Å²) in [6.45, 7) is 2.37. The van der Waals surface area contributed by atoms with Gasteiger partial charge in [0.1, 0.15) is 5.82 Å². The first kappa shape index (κ1) is 13.2. The minimum absolute atomic E-state index is 0.284. The molecular formula is C13H14BrFN2O. The summed E-state index contributed by atoms with van der Waals surface area (Å²) >= 11 is 3.22. The first-order valence-corrected chi connectivity index (χ1v) is 6.54. The first-order chi connectivity index (χ1) is 8.61. The quantitative estimate of drug-likeness (QED) is 0.941. The average Bonchev–Trinajstić information content (AvgIpc) is 2.82. The molecule has 1 N–H and O–H groups in total. The number of hydrogen-bond acceptors (Lipinski definition) is 2. The van der Waals surface area contributed by atoms with Crippen molar-refractivity contribution in [2.24, 2.45) is 0 Å². The summed E-state index contributed by atoms with van der Waals surface area (Å²) in [5, 5.41) is 13.8. The second-order valence-corrected chi connectivity index (χ2v) is 4.90. The second kappa shape index (κ2) is 5.63. The highest BCUT2D eigenvalue weighted by Crippen LogP contribution is 2.22. The Morgan fingerprint density at radius 2 is 2.28 bits per heavy atom. The Morgan fingerprint density at radius 3 is 3.00 bits per heavy atom. The molecule has 5 heteroatoms. The van der Waals surface area contributed by atoms with Gasteiger partial charge in [-0.25, -0.2) is 4.39 Å². The van der Waals surface area contributed by atoms with Gasteiger partial charge in [0.05, 0.1) is 23.3 Å². The van der Waals surface area contributed by atoms with Gasteiger partial charge in [0.15, 0.2) is 0 Å². The van der Waals surface area contributed by atoms with Crippen molar-refractivity contribution >= 4 is 15.9 Å². The Bertz CT molecular complexity index is 542. The minimum atomic E-state index is -0.491. The molecule has 0 spiro atoms. The predicted molar refractivity (Wildman–Crippen MR) is 70.7 cm³/mol. The van der Waals surface area contributed by atoms with Gasteiger partial charge in [0.2, 0.25) is 0 Å². The molecule has 0 aliphatic rings. The summed E-state index contributed by atoms with van der Waals surface area (Å²) in [6.07, 6.45) is 3.58. The zero-order chi connectivity index (χ0) is 13.1. The van der Waals surface area contributed by atoms with Crippen LogP contribution in [0.2, 0.25) is 0 Å². The van der Waals surface area contributed by atoms with Crippen molar-refractivity contribution in [2.75, 3.05) is 0 Å². The fraction of sp³-hybridized carbons (Fsp3) is 0.308. The summed E-state index contributed by atoms with van der Waals surface area (Å²) < 4.78 is 15.5. The molecule has 1 heterocycles. The molecule has 0 bridgehead atoms. The third-order valence-corrected chi connectivity index (χ3v) is 3.68. The van der Waals surface area contributed by atoms with Crippen LogP contribution in [0.1, 0.15) is 30.6 Å². The van der Waals surface area contributed by atoms with E-state index in [9.17, 15) is 9.50 Å². The molecule has 1 atom stereocenters. The lowest BCUT2D eigenvalue weighted by Gasteiger charge is -2.06. The van der Waals surface area contributed by atoms with Gasteiger partial charge in [-0.3, -0.25) is 4.68 Å². The number of aromatic nitrogens is 2. The van der Waals surface area contributed by atoms with Crippen LogP contribution in [0.15, 0.2) is 35.1 Å². The van der Waals surface area contributed by atoms with Crippen LogP contribution in [-0.2, 0) is 6.54 Å². The summed E-state index contributed by atoms with van der Waals surface area (Å²) in [5.41, 5.74) is 1.60. The van der Waals surface area contributed by atoms with Crippen molar-refractivity contribution in [2.45, 2.75) is 26.0 Å². The summed E-state index contributed by atoms with van der Waals surface area (Å²) in [6, 6.07) is 4.91. The zero-order valence-corrected chi connectivity index (χ0v) is 11.6. The topological polar surface area (TPSA) is 38.1 Å². The Kier molecular flexibility index (Phi) is 4.14. The second-order valence-electron chi connectivity index (χ2n) is 4.11. The molecule has 18 heavy (non-hydrogen) atoms. The normalized spacial score (nSPS) is 12.7. The van der Waals surface area contributed by atoms with Gasteiger partial charge < -0.3 is 5.11 Å². The van der Waals surface area contributed by atoms with Crippen LogP contribution in [0.25, 0.3) is 0 Å². The first-order valence-electron chi connectivity index (χ1n) is 5.75. The van der Waals surface area contributed by atoms with Crippen LogP contribution >= 0.6 is 15.9 Å². The van der Waals surface area contributed by atoms with E-state index < -0.39 is 6.10 Å². The van der Waals surface area contributed by atoms with Crippen molar-refractivity contribution < 1.29 is 9.50 Å². The molecule has 1 unspecified atom stereocenters. The van der Waals surface area contributed by atoms with Gasteiger partial charge in [-0.2, -0.15) is 5.10 Å².